The number of ether oxygens (including phenoxy) is 1. The first-order valence-electron chi connectivity index (χ1n) is 8.14. The van der Waals surface area contributed by atoms with Crippen molar-refractivity contribution in [1.29, 1.82) is 0 Å². The first-order valence-corrected chi connectivity index (χ1v) is 10.2. The molecule has 2 heterocycles. The van der Waals surface area contributed by atoms with Crippen molar-refractivity contribution in [1.82, 2.24) is 15.2 Å². The summed E-state index contributed by atoms with van der Waals surface area (Å²) in [6.45, 7) is 4.20. The van der Waals surface area contributed by atoms with Crippen LogP contribution in [0.2, 0.25) is 0 Å². The molecule has 0 aliphatic carbocycles. The fraction of sp³-hybridized carbons (Fsp3) is 0.211. The third-order valence-corrected chi connectivity index (χ3v) is 5.44. The van der Waals surface area contributed by atoms with E-state index >= 15 is 0 Å². The third-order valence-electron chi connectivity index (χ3n) is 4.40. The minimum atomic E-state index is -0.359. The highest BCUT2D eigenvalue weighted by Gasteiger charge is 2.26. The van der Waals surface area contributed by atoms with Gasteiger partial charge in [0, 0.05) is 21.3 Å². The molecule has 4 rings (SSSR count). The quantitative estimate of drug-likeness (QED) is 0.569. The summed E-state index contributed by atoms with van der Waals surface area (Å²) in [6.07, 6.45) is 1.56. The average molecular weight is 429 g/mol. The highest BCUT2D eigenvalue weighted by molar-refractivity contribution is 9.10. The number of nitrogens with zero attached hydrogens (tertiary/aromatic N) is 3. The molecule has 0 saturated carbocycles. The molecule has 26 heavy (non-hydrogen) atoms. The van der Waals surface area contributed by atoms with Gasteiger partial charge in [0.05, 0.1) is 0 Å². The van der Waals surface area contributed by atoms with E-state index in [1.54, 1.807) is 0 Å². The highest BCUT2D eigenvalue weighted by Crippen LogP contribution is 2.40. The van der Waals surface area contributed by atoms with Crippen molar-refractivity contribution in [3.63, 3.8) is 0 Å². The number of halogens is 1. The first kappa shape index (κ1) is 17.3. The van der Waals surface area contributed by atoms with E-state index in [0.29, 0.717) is 16.7 Å². The summed E-state index contributed by atoms with van der Waals surface area (Å²) >= 11 is 4.97. The molecular weight excluding hydrogens is 412 g/mol. The van der Waals surface area contributed by atoms with Crippen molar-refractivity contribution in [2.75, 3.05) is 11.6 Å². The van der Waals surface area contributed by atoms with Crippen LogP contribution in [0.25, 0.3) is 11.3 Å². The van der Waals surface area contributed by atoms with Crippen LogP contribution in [0.4, 0.5) is 5.69 Å². The zero-order chi connectivity index (χ0) is 18.3. The molecule has 7 heteroatoms. The van der Waals surface area contributed by atoms with Gasteiger partial charge in [0.25, 0.3) is 0 Å². The van der Waals surface area contributed by atoms with Gasteiger partial charge in [0.1, 0.15) is 0 Å². The first-order chi connectivity index (χ1) is 12.5. The average Bonchev–Trinajstić information content (AvgIpc) is 2.80. The van der Waals surface area contributed by atoms with E-state index in [1.807, 2.05) is 24.5 Å². The maximum atomic E-state index is 6.25. The van der Waals surface area contributed by atoms with Crippen molar-refractivity contribution in [2.24, 2.45) is 0 Å². The van der Waals surface area contributed by atoms with Gasteiger partial charge in [-0.3, -0.25) is 0 Å². The van der Waals surface area contributed by atoms with Gasteiger partial charge in [-0.25, -0.2) is 0 Å². The smallest absolute Gasteiger partial charge is 0.247 e. The van der Waals surface area contributed by atoms with Gasteiger partial charge in [-0.1, -0.05) is 45.9 Å². The summed E-state index contributed by atoms with van der Waals surface area (Å²) in [4.78, 5) is 4.55. The number of fused-ring (bicyclic) bond motifs is 3. The van der Waals surface area contributed by atoms with Crippen molar-refractivity contribution >= 4 is 33.4 Å². The summed E-state index contributed by atoms with van der Waals surface area (Å²) < 4.78 is 7.21. The SMILES string of the molecule is CSc1nnc2c(n1)OC(c1ccc(C)c(C)c1)Nc1ccc(Br)cc1-2. The molecule has 1 aliphatic rings. The van der Waals surface area contributed by atoms with Gasteiger partial charge in [-0.2, -0.15) is 4.98 Å². The van der Waals surface area contributed by atoms with Crippen LogP contribution >= 0.6 is 27.7 Å². The van der Waals surface area contributed by atoms with Crippen LogP contribution in [0.3, 0.4) is 0 Å². The Morgan fingerprint density at radius 1 is 1.08 bits per heavy atom. The highest BCUT2D eigenvalue weighted by atomic mass is 79.9. The van der Waals surface area contributed by atoms with Gasteiger partial charge in [-0.05, 0) is 49.4 Å². The van der Waals surface area contributed by atoms with Gasteiger partial charge in [-0.15, -0.1) is 10.2 Å². The lowest BCUT2D eigenvalue weighted by atomic mass is 10.1. The normalized spacial score (nSPS) is 15.3. The predicted octanol–water partition coefficient (Wildman–Crippen LogP) is 5.14. The molecule has 3 aromatic rings. The predicted molar refractivity (Wildman–Crippen MR) is 108 cm³/mol. The van der Waals surface area contributed by atoms with E-state index in [1.165, 1.54) is 22.9 Å². The molecule has 5 nitrogen and oxygen atoms in total. The van der Waals surface area contributed by atoms with E-state index in [4.69, 9.17) is 4.74 Å². The fourth-order valence-corrected chi connectivity index (χ4v) is 3.49. The Labute approximate surface area is 164 Å². The second-order valence-electron chi connectivity index (χ2n) is 6.13. The molecule has 0 spiro atoms. The molecule has 132 valence electrons. The van der Waals surface area contributed by atoms with E-state index in [-0.39, 0.29) is 6.23 Å². The lowest BCUT2D eigenvalue weighted by Crippen LogP contribution is -2.17. The Balaban J connectivity index is 1.87. The topological polar surface area (TPSA) is 59.9 Å². The molecule has 1 aliphatic heterocycles. The lowest BCUT2D eigenvalue weighted by Gasteiger charge is -2.20. The van der Waals surface area contributed by atoms with Crippen molar-refractivity contribution in [2.45, 2.75) is 25.2 Å². The van der Waals surface area contributed by atoms with E-state index in [9.17, 15) is 0 Å². The van der Waals surface area contributed by atoms with Crippen LogP contribution < -0.4 is 10.1 Å². The number of rotatable bonds is 2. The lowest BCUT2D eigenvalue weighted by molar-refractivity contribution is 0.225. The van der Waals surface area contributed by atoms with Crippen molar-refractivity contribution in [3.8, 4) is 17.1 Å². The Morgan fingerprint density at radius 3 is 2.69 bits per heavy atom. The maximum absolute atomic E-state index is 6.25. The number of thioether (sulfide) groups is 1. The molecule has 1 unspecified atom stereocenters. The Kier molecular flexibility index (Phi) is 4.58. The standard InChI is InChI=1S/C19H17BrN4OS/c1-10-4-5-12(8-11(10)2)17-21-15-7-6-13(20)9-14(15)16-18(25-17)22-19(26-3)24-23-16/h4-9,17,21H,1-3H3. The Morgan fingerprint density at radius 2 is 1.92 bits per heavy atom. The molecule has 1 N–H and O–H groups in total. The largest absolute Gasteiger partial charge is 0.448 e. The number of aromatic nitrogens is 3. The van der Waals surface area contributed by atoms with Gasteiger partial charge < -0.3 is 10.1 Å². The Hall–Kier alpha value is -2.12. The van der Waals surface area contributed by atoms with Crippen LogP contribution in [-0.4, -0.2) is 21.4 Å². The molecule has 0 amide bonds. The van der Waals surface area contributed by atoms with Gasteiger partial charge in [0.2, 0.25) is 11.0 Å². The maximum Gasteiger partial charge on any atom is 0.247 e. The minimum absolute atomic E-state index is 0.359. The van der Waals surface area contributed by atoms with Crippen LogP contribution in [0, 0.1) is 13.8 Å². The number of hydrogen-bond acceptors (Lipinski definition) is 6. The monoisotopic (exact) mass is 428 g/mol. The molecular formula is C19H17BrN4OS. The van der Waals surface area contributed by atoms with Crippen LogP contribution in [-0.2, 0) is 0 Å². The fourth-order valence-electron chi connectivity index (χ4n) is 2.84. The number of aryl methyl sites for hydroxylation is 2. The van der Waals surface area contributed by atoms with Gasteiger partial charge in [0.15, 0.2) is 11.9 Å². The summed E-state index contributed by atoms with van der Waals surface area (Å²) in [5.41, 5.74) is 5.99. The molecule has 0 saturated heterocycles. The van der Waals surface area contributed by atoms with Crippen molar-refractivity contribution < 1.29 is 4.74 Å². The molecule has 1 aromatic heterocycles. The Bertz CT molecular complexity index is 995. The zero-order valence-corrected chi connectivity index (χ0v) is 17.0. The minimum Gasteiger partial charge on any atom is -0.448 e. The molecule has 0 fully saturated rings. The van der Waals surface area contributed by atoms with Crippen LogP contribution in [0.1, 0.15) is 22.9 Å². The molecule has 1 atom stereocenters. The van der Waals surface area contributed by atoms with Gasteiger partial charge >= 0.3 is 0 Å². The summed E-state index contributed by atoms with van der Waals surface area (Å²) in [5.74, 6) is 0.483. The number of anilines is 1. The van der Waals surface area contributed by atoms with Crippen LogP contribution in [0.5, 0.6) is 5.88 Å². The van der Waals surface area contributed by atoms with Crippen molar-refractivity contribution in [3.05, 3.63) is 57.6 Å². The number of nitrogens with one attached hydrogen (secondary N) is 1. The third kappa shape index (κ3) is 3.17. The molecule has 0 radical (unpaired) electrons. The zero-order valence-electron chi connectivity index (χ0n) is 14.6. The number of benzene rings is 2. The van der Waals surface area contributed by atoms with Crippen LogP contribution in [0.15, 0.2) is 46.0 Å². The molecule has 0 bridgehead atoms. The molecule has 2 aromatic carbocycles. The van der Waals surface area contributed by atoms with E-state index in [2.05, 4.69) is 68.5 Å². The summed E-state index contributed by atoms with van der Waals surface area (Å²) in [5, 5.41) is 12.6. The number of hydrogen-bond donors (Lipinski definition) is 1. The summed E-state index contributed by atoms with van der Waals surface area (Å²) in [7, 11) is 0. The second kappa shape index (κ2) is 6.89. The summed E-state index contributed by atoms with van der Waals surface area (Å²) in [6, 6.07) is 12.3. The second-order valence-corrected chi connectivity index (χ2v) is 7.82. The van der Waals surface area contributed by atoms with E-state index < -0.39 is 0 Å². The van der Waals surface area contributed by atoms with E-state index in [0.717, 1.165) is 21.3 Å².